The van der Waals surface area contributed by atoms with Crippen LogP contribution in [-0.4, -0.2) is 30.0 Å². The quantitative estimate of drug-likeness (QED) is 0.876. The fourth-order valence-electron chi connectivity index (χ4n) is 1.49. The van der Waals surface area contributed by atoms with E-state index in [2.05, 4.69) is 5.10 Å². The topological polar surface area (TPSA) is 78.0 Å². The molecule has 7 heteroatoms. The molecule has 0 fully saturated rings. The van der Waals surface area contributed by atoms with Gasteiger partial charge in [0, 0.05) is 13.1 Å². The second kappa shape index (κ2) is 5.37. The maximum atomic E-state index is 12.0. The number of rotatable bonds is 5. The summed E-state index contributed by atoms with van der Waals surface area (Å²) in [5, 5.41) is 4.05. The molecule has 0 saturated heterocycles. The molecule has 0 spiro atoms. The van der Waals surface area contributed by atoms with Crippen LogP contribution in [0.1, 0.15) is 25.2 Å². The maximum Gasteiger partial charge on any atom is 0.159 e. The molecule has 0 aliphatic rings. The third-order valence-corrected chi connectivity index (χ3v) is 5.32. The molecule has 1 unspecified atom stereocenters. The van der Waals surface area contributed by atoms with Crippen LogP contribution < -0.4 is 5.73 Å². The van der Waals surface area contributed by atoms with Gasteiger partial charge in [0.2, 0.25) is 0 Å². The summed E-state index contributed by atoms with van der Waals surface area (Å²) in [5.41, 5.74) is 6.59. The van der Waals surface area contributed by atoms with E-state index >= 15 is 0 Å². The minimum absolute atomic E-state index is 0.110. The molecule has 0 aliphatic heterocycles. The molecule has 0 bridgehead atoms. The average molecular weight is 280 g/mol. The monoisotopic (exact) mass is 279 g/mol. The van der Waals surface area contributed by atoms with E-state index in [0.717, 1.165) is 0 Å². The molecule has 1 heterocycles. The van der Waals surface area contributed by atoms with Gasteiger partial charge in [0.25, 0.3) is 0 Å². The molecule has 0 radical (unpaired) electrons. The van der Waals surface area contributed by atoms with Crippen LogP contribution in [0.4, 0.5) is 0 Å². The van der Waals surface area contributed by atoms with Gasteiger partial charge in [0.1, 0.15) is 0 Å². The van der Waals surface area contributed by atoms with Gasteiger partial charge < -0.3 is 5.73 Å². The lowest BCUT2D eigenvalue weighted by atomic mass is 10.4. The highest BCUT2D eigenvalue weighted by Gasteiger charge is 2.24. The van der Waals surface area contributed by atoms with Gasteiger partial charge in [-0.1, -0.05) is 11.6 Å². The molecule has 2 N–H and O–H groups in total. The van der Waals surface area contributed by atoms with Crippen LogP contribution in [0.15, 0.2) is 0 Å². The van der Waals surface area contributed by atoms with E-state index in [4.69, 9.17) is 17.3 Å². The van der Waals surface area contributed by atoms with Crippen molar-refractivity contribution >= 4 is 21.4 Å². The third kappa shape index (κ3) is 3.00. The molecule has 98 valence electrons. The Bertz CT molecular complexity index is 496. The molecule has 0 aliphatic carbocycles. The van der Waals surface area contributed by atoms with Crippen molar-refractivity contribution in [3.8, 4) is 0 Å². The van der Waals surface area contributed by atoms with Gasteiger partial charge in [0.05, 0.1) is 27.4 Å². The van der Waals surface area contributed by atoms with E-state index in [1.807, 2.05) is 6.92 Å². The fraction of sp³-hybridized carbons (Fsp3) is 0.700. The molecule has 1 atom stereocenters. The Kier molecular flexibility index (Phi) is 4.57. The summed E-state index contributed by atoms with van der Waals surface area (Å²) >= 11 is 6.07. The molecule has 1 aromatic rings. The number of sulfone groups is 1. The van der Waals surface area contributed by atoms with Crippen molar-refractivity contribution < 1.29 is 8.42 Å². The highest BCUT2D eigenvalue weighted by Crippen LogP contribution is 2.23. The molecule has 1 aromatic heterocycles. The predicted octanol–water partition coefficient (Wildman–Crippen LogP) is 1.13. The first-order valence-electron chi connectivity index (χ1n) is 5.46. The van der Waals surface area contributed by atoms with Gasteiger partial charge in [-0.3, -0.25) is 4.68 Å². The van der Waals surface area contributed by atoms with Crippen LogP contribution in [0.25, 0.3) is 0 Å². The van der Waals surface area contributed by atoms with Gasteiger partial charge >= 0.3 is 0 Å². The molecule has 0 amide bonds. The third-order valence-electron chi connectivity index (χ3n) is 2.74. The molecule has 17 heavy (non-hydrogen) atoms. The lowest BCUT2D eigenvalue weighted by molar-refractivity contribution is 0.575. The second-order valence-corrected chi connectivity index (χ2v) is 6.81. The number of hydrogen-bond donors (Lipinski definition) is 1. The van der Waals surface area contributed by atoms with Crippen LogP contribution in [-0.2, 0) is 22.1 Å². The van der Waals surface area contributed by atoms with Gasteiger partial charge in [-0.25, -0.2) is 8.42 Å². The highest BCUT2D eigenvalue weighted by molar-refractivity contribution is 7.91. The predicted molar refractivity (Wildman–Crippen MR) is 68.8 cm³/mol. The van der Waals surface area contributed by atoms with Crippen molar-refractivity contribution in [2.45, 2.75) is 38.3 Å². The Balaban J connectivity index is 3.11. The van der Waals surface area contributed by atoms with Gasteiger partial charge in [-0.2, -0.15) is 5.10 Å². The number of nitrogens with two attached hydrogens (primary N) is 1. The van der Waals surface area contributed by atoms with E-state index < -0.39 is 15.1 Å². The standard InChI is InChI=1S/C10H18ClN3O2S/c1-4-14-9(10(11)8(3)13-14)6-17(15,16)7(2)5-12/h7H,4-6,12H2,1-3H3. The van der Waals surface area contributed by atoms with Crippen LogP contribution in [0, 0.1) is 6.92 Å². The summed E-state index contributed by atoms with van der Waals surface area (Å²) in [4.78, 5) is 0. The van der Waals surface area contributed by atoms with Crippen LogP contribution in [0.2, 0.25) is 5.02 Å². The Hall–Kier alpha value is -0.590. The number of aryl methyl sites for hydroxylation is 2. The lowest BCUT2D eigenvalue weighted by Gasteiger charge is -2.11. The molecule has 0 saturated carbocycles. The number of halogens is 1. The first-order chi connectivity index (χ1) is 7.83. The first kappa shape index (κ1) is 14.5. The summed E-state index contributed by atoms with van der Waals surface area (Å²) in [6.07, 6.45) is 0. The van der Waals surface area contributed by atoms with Crippen LogP contribution in [0.5, 0.6) is 0 Å². The molecule has 1 rings (SSSR count). The molecular formula is C10H18ClN3O2S. The number of nitrogens with zero attached hydrogens (tertiary/aromatic N) is 2. The van der Waals surface area contributed by atoms with E-state index in [1.165, 1.54) is 0 Å². The Labute approximate surface area is 107 Å². The zero-order valence-electron chi connectivity index (χ0n) is 10.3. The molecular weight excluding hydrogens is 262 g/mol. The van der Waals surface area contributed by atoms with Crippen LogP contribution in [0.3, 0.4) is 0 Å². The zero-order chi connectivity index (χ0) is 13.2. The van der Waals surface area contributed by atoms with E-state index in [-0.39, 0.29) is 12.3 Å². The Morgan fingerprint density at radius 2 is 2.12 bits per heavy atom. The summed E-state index contributed by atoms with van der Waals surface area (Å²) < 4.78 is 25.6. The average Bonchev–Trinajstić information content (AvgIpc) is 2.55. The Morgan fingerprint density at radius 3 is 2.59 bits per heavy atom. The van der Waals surface area contributed by atoms with Crippen molar-refractivity contribution in [3.63, 3.8) is 0 Å². The van der Waals surface area contributed by atoms with Crippen molar-refractivity contribution in [2.24, 2.45) is 5.73 Å². The lowest BCUT2D eigenvalue weighted by Crippen LogP contribution is -2.28. The second-order valence-electron chi connectivity index (χ2n) is 4.02. The van der Waals surface area contributed by atoms with Crippen LogP contribution >= 0.6 is 11.6 Å². The normalized spacial score (nSPS) is 13.9. The van der Waals surface area contributed by atoms with E-state index in [1.54, 1.807) is 18.5 Å². The van der Waals surface area contributed by atoms with Gasteiger partial charge in [0.15, 0.2) is 9.84 Å². The first-order valence-corrected chi connectivity index (χ1v) is 7.56. The maximum absolute atomic E-state index is 12.0. The summed E-state index contributed by atoms with van der Waals surface area (Å²) in [5.74, 6) is -0.112. The van der Waals surface area contributed by atoms with Crippen molar-refractivity contribution in [3.05, 3.63) is 16.4 Å². The van der Waals surface area contributed by atoms with Gasteiger partial charge in [-0.05, 0) is 20.8 Å². The van der Waals surface area contributed by atoms with Crippen molar-refractivity contribution in [1.29, 1.82) is 0 Å². The minimum Gasteiger partial charge on any atom is -0.329 e. The SMILES string of the molecule is CCn1nc(C)c(Cl)c1CS(=O)(=O)C(C)CN. The zero-order valence-corrected chi connectivity index (χ0v) is 11.8. The summed E-state index contributed by atoms with van der Waals surface area (Å²) in [7, 11) is -3.28. The number of aromatic nitrogens is 2. The summed E-state index contributed by atoms with van der Waals surface area (Å²) in [6, 6.07) is 0. The fourth-order valence-corrected chi connectivity index (χ4v) is 3.02. The van der Waals surface area contributed by atoms with E-state index in [9.17, 15) is 8.42 Å². The molecule has 0 aromatic carbocycles. The number of hydrogen-bond acceptors (Lipinski definition) is 4. The van der Waals surface area contributed by atoms with Crippen molar-refractivity contribution in [1.82, 2.24) is 9.78 Å². The largest absolute Gasteiger partial charge is 0.329 e. The van der Waals surface area contributed by atoms with Crippen molar-refractivity contribution in [2.75, 3.05) is 6.54 Å². The highest BCUT2D eigenvalue weighted by atomic mass is 35.5. The molecule has 5 nitrogen and oxygen atoms in total. The Morgan fingerprint density at radius 1 is 1.53 bits per heavy atom. The van der Waals surface area contributed by atoms with E-state index in [0.29, 0.717) is 23.0 Å². The minimum atomic E-state index is -3.28. The smallest absolute Gasteiger partial charge is 0.159 e. The summed E-state index contributed by atoms with van der Waals surface area (Å²) in [6.45, 7) is 5.96. The van der Waals surface area contributed by atoms with Gasteiger partial charge in [-0.15, -0.1) is 0 Å².